The Morgan fingerprint density at radius 2 is 2.15 bits per heavy atom. The summed E-state index contributed by atoms with van der Waals surface area (Å²) in [6.07, 6.45) is 0.433. The molecule has 2 nitrogen and oxygen atoms in total. The first-order valence-corrected chi connectivity index (χ1v) is 4.35. The largest absolute Gasteiger partial charge is 0.356 e. The first-order valence-electron chi connectivity index (χ1n) is 3.98. The fraction of sp³-hybridized carbons (Fsp3) is 0.400. The zero-order chi connectivity index (χ0) is 9.68. The van der Waals surface area contributed by atoms with Crippen LogP contribution in [0.4, 0.5) is 0 Å². The number of benzene rings is 1. The average molecular weight is 200 g/mol. The molecule has 0 N–H and O–H groups in total. The standard InChI is InChI=1S/C10H12ClO2/c1-12-10(13-2)7-8-4-3-5-9(11)6-8/h3,5-6,10H,7H2,1-2H3. The Kier molecular flexibility index (Phi) is 4.22. The van der Waals surface area contributed by atoms with Crippen molar-refractivity contribution in [1.29, 1.82) is 0 Å². The van der Waals surface area contributed by atoms with Gasteiger partial charge in [0.25, 0.3) is 0 Å². The van der Waals surface area contributed by atoms with E-state index in [1.807, 2.05) is 6.07 Å². The van der Waals surface area contributed by atoms with Crippen LogP contribution in [0, 0.1) is 6.07 Å². The number of hydrogen-bond donors (Lipinski definition) is 0. The van der Waals surface area contributed by atoms with Crippen LogP contribution in [0.3, 0.4) is 0 Å². The lowest BCUT2D eigenvalue weighted by molar-refractivity contribution is -0.100. The van der Waals surface area contributed by atoms with Gasteiger partial charge in [0.2, 0.25) is 0 Å². The highest BCUT2D eigenvalue weighted by molar-refractivity contribution is 6.30. The monoisotopic (exact) mass is 199 g/mol. The summed E-state index contributed by atoms with van der Waals surface area (Å²) in [5, 5.41) is 0.708. The van der Waals surface area contributed by atoms with Crippen molar-refractivity contribution in [1.82, 2.24) is 0 Å². The summed E-state index contributed by atoms with van der Waals surface area (Å²) in [7, 11) is 3.22. The van der Waals surface area contributed by atoms with Gasteiger partial charge in [0.15, 0.2) is 6.29 Å². The maximum Gasteiger partial charge on any atom is 0.160 e. The molecular weight excluding hydrogens is 188 g/mol. The molecule has 0 aliphatic carbocycles. The Hall–Kier alpha value is -0.570. The van der Waals surface area contributed by atoms with Gasteiger partial charge in [-0.15, -0.1) is 0 Å². The molecule has 1 radical (unpaired) electrons. The highest BCUT2D eigenvalue weighted by Crippen LogP contribution is 2.12. The molecule has 0 heterocycles. The van der Waals surface area contributed by atoms with Gasteiger partial charge in [0.05, 0.1) is 0 Å². The summed E-state index contributed by atoms with van der Waals surface area (Å²) in [6.45, 7) is 0. The topological polar surface area (TPSA) is 18.5 Å². The van der Waals surface area contributed by atoms with E-state index in [4.69, 9.17) is 21.1 Å². The van der Waals surface area contributed by atoms with Crippen LogP contribution in [0.1, 0.15) is 5.56 Å². The first kappa shape index (κ1) is 10.5. The molecule has 0 spiro atoms. The molecule has 1 rings (SSSR count). The molecule has 0 atom stereocenters. The second-order valence-corrected chi connectivity index (χ2v) is 3.07. The summed E-state index contributed by atoms with van der Waals surface area (Å²) in [4.78, 5) is 0. The third kappa shape index (κ3) is 3.35. The molecule has 3 heteroatoms. The highest BCUT2D eigenvalue weighted by atomic mass is 35.5. The summed E-state index contributed by atoms with van der Waals surface area (Å²) in [5.41, 5.74) is 0.987. The van der Waals surface area contributed by atoms with Gasteiger partial charge in [-0.05, 0) is 23.8 Å². The molecule has 0 aromatic heterocycles. The van der Waals surface area contributed by atoms with Crippen LogP contribution in [0.2, 0.25) is 5.02 Å². The van der Waals surface area contributed by atoms with Crippen molar-refractivity contribution in [3.63, 3.8) is 0 Å². The van der Waals surface area contributed by atoms with Gasteiger partial charge in [0, 0.05) is 25.7 Å². The zero-order valence-electron chi connectivity index (χ0n) is 7.71. The van der Waals surface area contributed by atoms with Crippen LogP contribution in [0.25, 0.3) is 0 Å². The molecule has 13 heavy (non-hydrogen) atoms. The van der Waals surface area contributed by atoms with E-state index in [1.165, 1.54) is 0 Å². The molecule has 71 valence electrons. The van der Waals surface area contributed by atoms with Gasteiger partial charge >= 0.3 is 0 Å². The van der Waals surface area contributed by atoms with Crippen LogP contribution in [-0.4, -0.2) is 20.5 Å². The van der Waals surface area contributed by atoms with Crippen LogP contribution in [0.5, 0.6) is 0 Å². The molecule has 0 amide bonds. The van der Waals surface area contributed by atoms with Gasteiger partial charge in [-0.1, -0.05) is 17.7 Å². The Morgan fingerprint density at radius 1 is 1.46 bits per heavy atom. The predicted octanol–water partition coefficient (Wildman–Crippen LogP) is 2.30. The SMILES string of the molecule is COC(Cc1[c]ccc(Cl)c1)OC. The smallest absolute Gasteiger partial charge is 0.160 e. The fourth-order valence-electron chi connectivity index (χ4n) is 1.04. The van der Waals surface area contributed by atoms with Crippen molar-refractivity contribution in [3.05, 3.63) is 34.9 Å². The summed E-state index contributed by atoms with van der Waals surface area (Å²) < 4.78 is 10.1. The molecule has 0 saturated heterocycles. The Morgan fingerprint density at radius 3 is 2.69 bits per heavy atom. The minimum Gasteiger partial charge on any atom is -0.356 e. The second-order valence-electron chi connectivity index (χ2n) is 2.64. The van der Waals surface area contributed by atoms with E-state index in [0.717, 1.165) is 5.56 Å². The highest BCUT2D eigenvalue weighted by Gasteiger charge is 2.06. The van der Waals surface area contributed by atoms with Crippen LogP contribution < -0.4 is 0 Å². The van der Waals surface area contributed by atoms with E-state index >= 15 is 0 Å². The Balaban J connectivity index is 2.62. The molecule has 0 fully saturated rings. The van der Waals surface area contributed by atoms with Crippen LogP contribution >= 0.6 is 11.6 Å². The molecule has 1 aromatic carbocycles. The number of halogens is 1. The zero-order valence-corrected chi connectivity index (χ0v) is 8.47. The predicted molar refractivity (Wildman–Crippen MR) is 51.8 cm³/mol. The lowest BCUT2D eigenvalue weighted by Gasteiger charge is -2.12. The minimum absolute atomic E-state index is 0.227. The molecule has 0 aliphatic rings. The molecule has 0 unspecified atom stereocenters. The van der Waals surface area contributed by atoms with Crippen molar-refractivity contribution >= 4 is 11.6 Å². The molecular formula is C10H12ClO2. The lowest BCUT2D eigenvalue weighted by atomic mass is 10.1. The first-order chi connectivity index (χ1) is 6.26. The van der Waals surface area contributed by atoms with E-state index in [9.17, 15) is 0 Å². The van der Waals surface area contributed by atoms with E-state index in [2.05, 4.69) is 6.07 Å². The van der Waals surface area contributed by atoms with Crippen molar-refractivity contribution < 1.29 is 9.47 Å². The molecule has 0 aliphatic heterocycles. The maximum atomic E-state index is 5.81. The van der Waals surface area contributed by atoms with Gasteiger partial charge in [-0.3, -0.25) is 0 Å². The van der Waals surface area contributed by atoms with E-state index in [1.54, 1.807) is 26.4 Å². The van der Waals surface area contributed by atoms with Gasteiger partial charge < -0.3 is 9.47 Å². The third-order valence-electron chi connectivity index (χ3n) is 1.74. The van der Waals surface area contributed by atoms with Gasteiger partial charge in [-0.25, -0.2) is 0 Å². The molecule has 1 aromatic rings. The third-order valence-corrected chi connectivity index (χ3v) is 1.97. The fourth-order valence-corrected chi connectivity index (χ4v) is 1.24. The van der Waals surface area contributed by atoms with Gasteiger partial charge in [-0.2, -0.15) is 0 Å². The summed E-state index contributed by atoms with van der Waals surface area (Å²) in [6, 6.07) is 8.50. The van der Waals surface area contributed by atoms with Crippen LogP contribution in [-0.2, 0) is 15.9 Å². The van der Waals surface area contributed by atoms with E-state index in [-0.39, 0.29) is 6.29 Å². The Labute approximate surface area is 83.4 Å². The van der Waals surface area contributed by atoms with Crippen molar-refractivity contribution in [2.24, 2.45) is 0 Å². The van der Waals surface area contributed by atoms with E-state index in [0.29, 0.717) is 11.4 Å². The van der Waals surface area contributed by atoms with Gasteiger partial charge in [0.1, 0.15) is 0 Å². The number of hydrogen-bond acceptors (Lipinski definition) is 2. The maximum absolute atomic E-state index is 5.81. The van der Waals surface area contributed by atoms with Crippen LogP contribution in [0.15, 0.2) is 18.2 Å². The number of rotatable bonds is 4. The quantitative estimate of drug-likeness (QED) is 0.693. The van der Waals surface area contributed by atoms with Crippen molar-refractivity contribution in [2.45, 2.75) is 12.7 Å². The Bertz CT molecular complexity index is 259. The lowest BCUT2D eigenvalue weighted by Crippen LogP contribution is -2.15. The van der Waals surface area contributed by atoms with Crippen molar-refractivity contribution in [3.8, 4) is 0 Å². The molecule has 0 saturated carbocycles. The minimum atomic E-state index is -0.227. The summed E-state index contributed by atoms with van der Waals surface area (Å²) >= 11 is 5.81. The normalized spacial score (nSPS) is 10.8. The van der Waals surface area contributed by atoms with E-state index < -0.39 is 0 Å². The summed E-state index contributed by atoms with van der Waals surface area (Å²) in [5.74, 6) is 0. The average Bonchev–Trinajstić information content (AvgIpc) is 2.14. The second kappa shape index (κ2) is 5.22. The number of methoxy groups -OCH3 is 2. The number of ether oxygens (including phenoxy) is 2. The van der Waals surface area contributed by atoms with Crippen molar-refractivity contribution in [2.75, 3.05) is 14.2 Å². The molecule has 0 bridgehead atoms.